The average molecular weight is 247 g/mol. The first-order valence-corrected chi connectivity index (χ1v) is 6.69. The van der Waals surface area contributed by atoms with Gasteiger partial charge in [0.2, 0.25) is 0 Å². The van der Waals surface area contributed by atoms with Crippen molar-refractivity contribution in [2.24, 2.45) is 0 Å². The zero-order valence-corrected chi connectivity index (χ0v) is 10.9. The predicted molar refractivity (Wildman–Crippen MR) is 71.3 cm³/mol. The fourth-order valence-corrected chi connectivity index (χ4v) is 2.59. The van der Waals surface area contributed by atoms with Gasteiger partial charge in [0.15, 0.2) is 0 Å². The van der Waals surface area contributed by atoms with E-state index in [1.807, 2.05) is 24.1 Å². The highest BCUT2D eigenvalue weighted by Gasteiger charge is 2.22. The van der Waals surface area contributed by atoms with E-state index in [9.17, 15) is 4.79 Å². The van der Waals surface area contributed by atoms with Gasteiger partial charge in [-0.05, 0) is 30.5 Å². The van der Waals surface area contributed by atoms with Gasteiger partial charge in [0.05, 0.1) is 6.61 Å². The lowest BCUT2D eigenvalue weighted by atomic mass is 9.94. The van der Waals surface area contributed by atoms with E-state index in [2.05, 4.69) is 0 Å². The summed E-state index contributed by atoms with van der Waals surface area (Å²) in [7, 11) is 1.90. The summed E-state index contributed by atoms with van der Waals surface area (Å²) in [5, 5.41) is 8.98. The maximum Gasteiger partial charge on any atom is 0.253 e. The third-order valence-electron chi connectivity index (χ3n) is 3.83. The minimum Gasteiger partial charge on any atom is -0.392 e. The first-order valence-electron chi connectivity index (χ1n) is 6.69. The molecule has 1 amide bonds. The molecule has 0 spiro atoms. The number of hydrogen-bond donors (Lipinski definition) is 1. The van der Waals surface area contributed by atoms with Crippen LogP contribution >= 0.6 is 0 Å². The van der Waals surface area contributed by atoms with Crippen molar-refractivity contribution in [1.82, 2.24) is 4.90 Å². The molecule has 3 nitrogen and oxygen atoms in total. The van der Waals surface area contributed by atoms with Crippen molar-refractivity contribution in [3.63, 3.8) is 0 Å². The van der Waals surface area contributed by atoms with E-state index in [4.69, 9.17) is 5.11 Å². The largest absolute Gasteiger partial charge is 0.392 e. The number of amides is 1. The molecular formula is C15H21NO2. The van der Waals surface area contributed by atoms with Crippen LogP contribution in [0.15, 0.2) is 24.3 Å². The van der Waals surface area contributed by atoms with E-state index >= 15 is 0 Å². The number of aliphatic hydroxyl groups is 1. The van der Waals surface area contributed by atoms with Crippen molar-refractivity contribution >= 4 is 5.91 Å². The second-order valence-electron chi connectivity index (χ2n) is 5.06. The number of hydrogen-bond acceptors (Lipinski definition) is 2. The highest BCUT2D eigenvalue weighted by molar-refractivity contribution is 5.94. The van der Waals surface area contributed by atoms with Crippen molar-refractivity contribution in [2.45, 2.75) is 44.8 Å². The maximum atomic E-state index is 12.3. The Hall–Kier alpha value is -1.35. The van der Waals surface area contributed by atoms with E-state index in [0.717, 1.165) is 18.4 Å². The zero-order valence-electron chi connectivity index (χ0n) is 10.9. The van der Waals surface area contributed by atoms with Crippen LogP contribution in [0.5, 0.6) is 0 Å². The molecule has 1 aromatic carbocycles. The normalized spacial score (nSPS) is 16.6. The number of rotatable bonds is 3. The summed E-state index contributed by atoms with van der Waals surface area (Å²) < 4.78 is 0. The van der Waals surface area contributed by atoms with E-state index in [0.29, 0.717) is 11.6 Å². The van der Waals surface area contributed by atoms with Gasteiger partial charge in [-0.25, -0.2) is 0 Å². The van der Waals surface area contributed by atoms with E-state index in [-0.39, 0.29) is 12.5 Å². The molecular weight excluding hydrogens is 226 g/mol. The Balaban J connectivity index is 2.04. The smallest absolute Gasteiger partial charge is 0.253 e. The van der Waals surface area contributed by atoms with Crippen LogP contribution in [-0.2, 0) is 6.61 Å². The van der Waals surface area contributed by atoms with Gasteiger partial charge < -0.3 is 10.0 Å². The molecule has 0 saturated heterocycles. The molecule has 1 aromatic rings. The van der Waals surface area contributed by atoms with Crippen LogP contribution in [0.25, 0.3) is 0 Å². The van der Waals surface area contributed by atoms with E-state index in [1.165, 1.54) is 19.3 Å². The van der Waals surface area contributed by atoms with Gasteiger partial charge in [0.1, 0.15) is 0 Å². The second-order valence-corrected chi connectivity index (χ2v) is 5.06. The van der Waals surface area contributed by atoms with Crippen molar-refractivity contribution in [1.29, 1.82) is 0 Å². The molecule has 0 aromatic heterocycles. The summed E-state index contributed by atoms with van der Waals surface area (Å²) in [6.07, 6.45) is 6.00. The third-order valence-corrected chi connectivity index (χ3v) is 3.83. The molecule has 18 heavy (non-hydrogen) atoms. The minimum absolute atomic E-state index is 0.0208. The number of aliphatic hydroxyl groups excluding tert-OH is 1. The standard InChI is InChI=1S/C15H21NO2/c1-16(14-5-3-2-4-6-14)15(18)13-9-7-12(11-17)8-10-13/h7-10,14,17H,2-6,11H2,1H3. The SMILES string of the molecule is CN(C(=O)c1ccc(CO)cc1)C1CCCCC1. The van der Waals surface area contributed by atoms with Gasteiger partial charge in [-0.2, -0.15) is 0 Å². The van der Waals surface area contributed by atoms with Crippen molar-refractivity contribution < 1.29 is 9.90 Å². The third kappa shape index (κ3) is 2.91. The quantitative estimate of drug-likeness (QED) is 0.892. The highest BCUT2D eigenvalue weighted by Crippen LogP contribution is 2.22. The molecule has 0 atom stereocenters. The lowest BCUT2D eigenvalue weighted by Crippen LogP contribution is -2.38. The van der Waals surface area contributed by atoms with E-state index in [1.54, 1.807) is 12.1 Å². The van der Waals surface area contributed by atoms with Crippen molar-refractivity contribution in [2.75, 3.05) is 7.05 Å². The summed E-state index contributed by atoms with van der Waals surface area (Å²) in [6.45, 7) is 0.0208. The molecule has 2 rings (SSSR count). The Bertz CT molecular complexity index is 393. The molecule has 0 bridgehead atoms. The summed E-state index contributed by atoms with van der Waals surface area (Å²) >= 11 is 0. The molecule has 1 aliphatic carbocycles. The van der Waals surface area contributed by atoms with Gasteiger partial charge in [-0.15, -0.1) is 0 Å². The molecule has 3 heteroatoms. The van der Waals surface area contributed by atoms with Gasteiger partial charge in [-0.3, -0.25) is 4.79 Å². The number of carbonyl (C=O) groups excluding carboxylic acids is 1. The topological polar surface area (TPSA) is 40.5 Å². The Kier molecular flexibility index (Phi) is 4.37. The van der Waals surface area contributed by atoms with Crippen LogP contribution in [0.1, 0.15) is 48.0 Å². The number of carbonyl (C=O) groups is 1. The van der Waals surface area contributed by atoms with Crippen LogP contribution in [0.4, 0.5) is 0 Å². The lowest BCUT2D eigenvalue weighted by molar-refractivity contribution is 0.0696. The second kappa shape index (κ2) is 6.01. The Morgan fingerprint density at radius 1 is 1.22 bits per heavy atom. The number of benzene rings is 1. The Morgan fingerprint density at radius 3 is 2.39 bits per heavy atom. The van der Waals surface area contributed by atoms with Gasteiger partial charge in [0.25, 0.3) is 5.91 Å². The molecule has 0 heterocycles. The first kappa shape index (κ1) is 13.1. The summed E-state index contributed by atoms with van der Waals surface area (Å²) in [5.41, 5.74) is 1.55. The van der Waals surface area contributed by atoms with Crippen LogP contribution in [-0.4, -0.2) is 29.0 Å². The van der Waals surface area contributed by atoms with Crippen LogP contribution in [0.2, 0.25) is 0 Å². The van der Waals surface area contributed by atoms with Gasteiger partial charge in [-0.1, -0.05) is 31.4 Å². The Labute approximate surface area is 108 Å². The maximum absolute atomic E-state index is 12.3. The predicted octanol–water partition coefficient (Wildman–Crippen LogP) is 2.58. The molecule has 98 valence electrons. The van der Waals surface area contributed by atoms with E-state index < -0.39 is 0 Å². The highest BCUT2D eigenvalue weighted by atomic mass is 16.3. The fraction of sp³-hybridized carbons (Fsp3) is 0.533. The minimum atomic E-state index is 0.0208. The van der Waals surface area contributed by atoms with Gasteiger partial charge in [0, 0.05) is 18.7 Å². The monoisotopic (exact) mass is 247 g/mol. The Morgan fingerprint density at radius 2 is 1.83 bits per heavy atom. The molecule has 1 fully saturated rings. The first-order chi connectivity index (χ1) is 8.72. The molecule has 0 aliphatic heterocycles. The van der Waals surface area contributed by atoms with Crippen molar-refractivity contribution in [3.05, 3.63) is 35.4 Å². The molecule has 1 aliphatic rings. The van der Waals surface area contributed by atoms with Crippen molar-refractivity contribution in [3.8, 4) is 0 Å². The summed E-state index contributed by atoms with van der Waals surface area (Å²) in [5.74, 6) is 0.0892. The molecule has 0 unspecified atom stereocenters. The van der Waals surface area contributed by atoms with Gasteiger partial charge >= 0.3 is 0 Å². The summed E-state index contributed by atoms with van der Waals surface area (Å²) in [4.78, 5) is 14.2. The summed E-state index contributed by atoms with van der Waals surface area (Å²) in [6, 6.07) is 7.60. The zero-order chi connectivity index (χ0) is 13.0. The van der Waals surface area contributed by atoms with Crippen LogP contribution in [0, 0.1) is 0 Å². The molecule has 1 N–H and O–H groups in total. The molecule has 0 radical (unpaired) electrons. The number of nitrogens with zero attached hydrogens (tertiary/aromatic N) is 1. The van der Waals surface area contributed by atoms with Crippen LogP contribution < -0.4 is 0 Å². The lowest BCUT2D eigenvalue weighted by Gasteiger charge is -2.31. The average Bonchev–Trinajstić information content (AvgIpc) is 2.47. The molecule has 1 saturated carbocycles. The fourth-order valence-electron chi connectivity index (χ4n) is 2.59. The van der Waals surface area contributed by atoms with Crippen LogP contribution in [0.3, 0.4) is 0 Å².